The van der Waals surface area contributed by atoms with Gasteiger partial charge in [0.05, 0.1) is 0 Å². The van der Waals surface area contributed by atoms with Gasteiger partial charge in [-0.15, -0.1) is 0 Å². The summed E-state index contributed by atoms with van der Waals surface area (Å²) >= 11 is 0. The van der Waals surface area contributed by atoms with Crippen LogP contribution in [0.15, 0.2) is 67.0 Å². The quantitative estimate of drug-likeness (QED) is 0.499. The van der Waals surface area contributed by atoms with Crippen LogP contribution in [0.4, 0.5) is 10.5 Å². The van der Waals surface area contributed by atoms with Crippen molar-refractivity contribution in [3.8, 4) is 0 Å². The highest BCUT2D eigenvalue weighted by Gasteiger charge is 2.43. The normalized spacial score (nSPS) is 16.9. The van der Waals surface area contributed by atoms with E-state index >= 15 is 0 Å². The molecule has 1 saturated heterocycles. The van der Waals surface area contributed by atoms with E-state index in [0.717, 1.165) is 21.2 Å². The number of carbonyl (C=O) groups excluding carboxylic acids is 4. The fourth-order valence-electron chi connectivity index (χ4n) is 4.86. The molecule has 2 atom stereocenters. The van der Waals surface area contributed by atoms with Crippen LogP contribution in [0.2, 0.25) is 0 Å². The number of nitrogens with zero attached hydrogens (tertiary/aromatic N) is 3. The lowest BCUT2D eigenvalue weighted by molar-refractivity contribution is -0.144. The maximum absolute atomic E-state index is 14.0. The lowest BCUT2D eigenvalue weighted by Gasteiger charge is -2.34. The van der Waals surface area contributed by atoms with Crippen LogP contribution in [0.5, 0.6) is 0 Å². The fourth-order valence-corrected chi connectivity index (χ4v) is 4.86. The van der Waals surface area contributed by atoms with Crippen LogP contribution >= 0.6 is 0 Å². The third-order valence-electron chi connectivity index (χ3n) is 6.73. The van der Waals surface area contributed by atoms with Crippen molar-refractivity contribution < 1.29 is 19.2 Å². The molecule has 4 rings (SSSR count). The third-order valence-corrected chi connectivity index (χ3v) is 6.73. The molecule has 5 amide bonds. The Bertz CT molecular complexity index is 1330. The van der Waals surface area contributed by atoms with Crippen LogP contribution < -0.4 is 10.6 Å². The van der Waals surface area contributed by atoms with Gasteiger partial charge in [-0.2, -0.15) is 0 Å². The van der Waals surface area contributed by atoms with E-state index in [0.29, 0.717) is 5.69 Å². The summed E-state index contributed by atoms with van der Waals surface area (Å²) in [5.74, 6) is -1.17. The van der Waals surface area contributed by atoms with Crippen molar-refractivity contribution >= 4 is 40.2 Å². The van der Waals surface area contributed by atoms with Crippen LogP contribution in [0.1, 0.15) is 32.3 Å². The third kappa shape index (κ3) is 5.99. The first-order chi connectivity index (χ1) is 18.3. The zero-order chi connectivity index (χ0) is 27.2. The Morgan fingerprint density at radius 1 is 1.03 bits per heavy atom. The number of aromatic nitrogens is 1. The average Bonchev–Trinajstić information content (AvgIpc) is 3.02. The van der Waals surface area contributed by atoms with Crippen LogP contribution in [-0.2, 0) is 20.8 Å². The second kappa shape index (κ2) is 11.9. The highest BCUT2D eigenvalue weighted by molar-refractivity contribution is 6.06. The molecule has 0 unspecified atom stereocenters. The summed E-state index contributed by atoms with van der Waals surface area (Å²) in [4.78, 5) is 60.1. The number of rotatable bonds is 7. The summed E-state index contributed by atoms with van der Waals surface area (Å²) in [6.07, 6.45) is 3.54. The number of nitrogens with one attached hydrogen (secondary N) is 2. The highest BCUT2D eigenvalue weighted by atomic mass is 16.2. The molecular weight excluding hydrogens is 482 g/mol. The minimum absolute atomic E-state index is 0.0202. The Balaban J connectivity index is 1.66. The summed E-state index contributed by atoms with van der Waals surface area (Å²) in [5, 5.41) is 7.50. The number of anilines is 1. The summed E-state index contributed by atoms with van der Waals surface area (Å²) in [6.45, 7) is 3.89. The van der Waals surface area contributed by atoms with Crippen molar-refractivity contribution in [3.63, 3.8) is 0 Å². The summed E-state index contributed by atoms with van der Waals surface area (Å²) in [5.41, 5.74) is 1.36. The number of benzene rings is 2. The van der Waals surface area contributed by atoms with E-state index in [-0.39, 0.29) is 37.6 Å². The van der Waals surface area contributed by atoms with E-state index in [2.05, 4.69) is 15.6 Å². The van der Waals surface area contributed by atoms with Gasteiger partial charge in [-0.3, -0.25) is 24.3 Å². The minimum atomic E-state index is -1.03. The Kier molecular flexibility index (Phi) is 8.35. The molecule has 1 aromatic heterocycles. The molecule has 3 aromatic rings. The van der Waals surface area contributed by atoms with Crippen LogP contribution in [-0.4, -0.2) is 64.2 Å². The summed E-state index contributed by atoms with van der Waals surface area (Å²) in [6, 6.07) is 14.6. The molecule has 2 N–H and O–H groups in total. The van der Waals surface area contributed by atoms with Gasteiger partial charge in [0.2, 0.25) is 17.7 Å². The number of fused-ring (bicyclic) bond motifs is 1. The maximum atomic E-state index is 14.0. The molecule has 38 heavy (non-hydrogen) atoms. The standard InChI is InChI=1S/C29H33N5O4/c1-19(2)16-25-28(37)33(15-12-26(35)34(25)29(38)32-23-10-13-31-14-11-23)24(27(36)30-3)18-20-8-9-21-6-4-5-7-22(21)17-20/h4-11,13-14,17,19,24-25H,12,15-16,18H2,1-3H3,(H,30,36)(H,31,32,38)/t24-,25-/m0/s1. The van der Waals surface area contributed by atoms with E-state index < -0.39 is 29.9 Å². The number of hydrogen-bond donors (Lipinski definition) is 2. The van der Waals surface area contributed by atoms with Gasteiger partial charge < -0.3 is 15.5 Å². The number of carbonyl (C=O) groups is 4. The monoisotopic (exact) mass is 515 g/mol. The summed E-state index contributed by atoms with van der Waals surface area (Å²) in [7, 11) is 1.53. The second-order valence-electron chi connectivity index (χ2n) is 9.87. The van der Waals surface area contributed by atoms with E-state index in [1.807, 2.05) is 56.3 Å². The van der Waals surface area contributed by atoms with E-state index in [9.17, 15) is 19.2 Å². The molecule has 1 aliphatic rings. The topological polar surface area (TPSA) is 112 Å². The minimum Gasteiger partial charge on any atom is -0.357 e. The van der Waals surface area contributed by atoms with Gasteiger partial charge in [-0.1, -0.05) is 56.3 Å². The maximum Gasteiger partial charge on any atom is 0.329 e. The molecule has 1 fully saturated rings. The van der Waals surface area contributed by atoms with Crippen molar-refractivity contribution in [1.29, 1.82) is 0 Å². The van der Waals surface area contributed by atoms with Crippen molar-refractivity contribution in [2.45, 2.75) is 45.2 Å². The average molecular weight is 516 g/mol. The molecule has 2 aromatic carbocycles. The number of hydrogen-bond acceptors (Lipinski definition) is 5. The molecule has 0 aliphatic carbocycles. The van der Waals surface area contributed by atoms with Gasteiger partial charge in [-0.25, -0.2) is 4.79 Å². The van der Waals surface area contributed by atoms with Gasteiger partial charge >= 0.3 is 6.03 Å². The first-order valence-electron chi connectivity index (χ1n) is 12.8. The largest absolute Gasteiger partial charge is 0.357 e. The molecule has 0 saturated carbocycles. The van der Waals surface area contributed by atoms with Gasteiger partial charge in [0.15, 0.2) is 0 Å². The Morgan fingerprint density at radius 3 is 2.42 bits per heavy atom. The first kappa shape index (κ1) is 26.8. The Morgan fingerprint density at radius 2 is 1.74 bits per heavy atom. The zero-order valence-corrected chi connectivity index (χ0v) is 21.9. The smallest absolute Gasteiger partial charge is 0.329 e. The van der Waals surface area contributed by atoms with Crippen molar-refractivity contribution in [2.24, 2.45) is 5.92 Å². The number of pyridine rings is 1. The number of amides is 5. The van der Waals surface area contributed by atoms with Crippen LogP contribution in [0.25, 0.3) is 10.8 Å². The summed E-state index contributed by atoms with van der Waals surface area (Å²) < 4.78 is 0. The highest BCUT2D eigenvalue weighted by Crippen LogP contribution is 2.25. The lowest BCUT2D eigenvalue weighted by Crippen LogP contribution is -2.56. The molecule has 198 valence electrons. The fraction of sp³-hybridized carbons (Fsp3) is 0.345. The van der Waals surface area contributed by atoms with E-state index in [1.54, 1.807) is 12.1 Å². The molecule has 1 aliphatic heterocycles. The first-order valence-corrected chi connectivity index (χ1v) is 12.8. The lowest BCUT2D eigenvalue weighted by atomic mass is 9.98. The second-order valence-corrected chi connectivity index (χ2v) is 9.87. The number of imide groups is 1. The molecule has 2 heterocycles. The molecular formula is C29H33N5O4. The van der Waals surface area contributed by atoms with Crippen molar-refractivity contribution in [2.75, 3.05) is 18.9 Å². The molecule has 9 heteroatoms. The molecule has 0 spiro atoms. The molecule has 0 bridgehead atoms. The van der Waals surface area contributed by atoms with Crippen LogP contribution in [0, 0.1) is 5.92 Å². The molecule has 0 radical (unpaired) electrons. The van der Waals surface area contributed by atoms with Gasteiger partial charge in [0, 0.05) is 44.5 Å². The zero-order valence-electron chi connectivity index (χ0n) is 21.9. The molecule has 9 nitrogen and oxygen atoms in total. The Labute approximate surface area is 222 Å². The number of urea groups is 1. The van der Waals surface area contributed by atoms with Gasteiger partial charge in [-0.05, 0) is 40.8 Å². The van der Waals surface area contributed by atoms with Crippen molar-refractivity contribution in [3.05, 3.63) is 72.6 Å². The van der Waals surface area contributed by atoms with Crippen LogP contribution in [0.3, 0.4) is 0 Å². The van der Waals surface area contributed by atoms with E-state index in [1.165, 1.54) is 24.3 Å². The van der Waals surface area contributed by atoms with Gasteiger partial charge in [0.1, 0.15) is 12.1 Å². The predicted molar refractivity (Wildman–Crippen MR) is 145 cm³/mol. The Hall–Kier alpha value is -4.27. The van der Waals surface area contributed by atoms with Crippen molar-refractivity contribution in [1.82, 2.24) is 20.1 Å². The van der Waals surface area contributed by atoms with E-state index in [4.69, 9.17) is 0 Å². The predicted octanol–water partition coefficient (Wildman–Crippen LogP) is 3.60. The SMILES string of the molecule is CNC(=O)[C@H](Cc1ccc2ccccc2c1)N1CCC(=O)N(C(=O)Nc2ccncc2)[C@@H](CC(C)C)C1=O. The number of likely N-dealkylation sites (N-methyl/N-ethyl adjacent to an activating group) is 1. The van der Waals surface area contributed by atoms with Gasteiger partial charge in [0.25, 0.3) is 0 Å².